The Labute approximate surface area is 110 Å². The van der Waals surface area contributed by atoms with Crippen LogP contribution in [0.4, 0.5) is 5.82 Å². The van der Waals surface area contributed by atoms with Gasteiger partial charge in [-0.2, -0.15) is 0 Å². The quantitative estimate of drug-likeness (QED) is 0.637. The molecule has 1 aliphatic carbocycles. The Balaban J connectivity index is 1.90. The zero-order chi connectivity index (χ0) is 12.5. The molecule has 2 aromatic heterocycles. The van der Waals surface area contributed by atoms with Gasteiger partial charge in [-0.15, -0.1) is 11.3 Å². The van der Waals surface area contributed by atoms with E-state index in [1.807, 2.05) is 11.4 Å². The van der Waals surface area contributed by atoms with Crippen molar-refractivity contribution in [2.24, 2.45) is 5.84 Å². The Kier molecular flexibility index (Phi) is 3.15. The molecule has 1 fully saturated rings. The molecule has 0 amide bonds. The molecule has 0 aliphatic heterocycles. The number of nitrogen functional groups attached to an aromatic ring is 1. The van der Waals surface area contributed by atoms with Crippen LogP contribution in [0.3, 0.4) is 0 Å². The number of hydrogen-bond donors (Lipinski definition) is 2. The van der Waals surface area contributed by atoms with E-state index >= 15 is 0 Å². The summed E-state index contributed by atoms with van der Waals surface area (Å²) < 4.78 is 0. The number of anilines is 1. The summed E-state index contributed by atoms with van der Waals surface area (Å²) in [6.07, 6.45) is 2.61. The van der Waals surface area contributed by atoms with E-state index in [9.17, 15) is 0 Å². The molecular formula is C12H17N5S. The number of fused-ring (bicyclic) bond motifs is 1. The first kappa shape index (κ1) is 11.8. The third-order valence-electron chi connectivity index (χ3n) is 3.32. The van der Waals surface area contributed by atoms with Gasteiger partial charge >= 0.3 is 0 Å². The first-order valence-corrected chi connectivity index (χ1v) is 7.14. The van der Waals surface area contributed by atoms with Crippen molar-refractivity contribution in [2.45, 2.75) is 32.4 Å². The Hall–Kier alpha value is -1.24. The van der Waals surface area contributed by atoms with Gasteiger partial charge in [0, 0.05) is 6.04 Å². The van der Waals surface area contributed by atoms with Gasteiger partial charge in [0.2, 0.25) is 0 Å². The number of nitrogens with zero attached hydrogens (tertiary/aromatic N) is 3. The molecule has 0 unspecified atom stereocenters. The number of nitrogens with two attached hydrogens (primary N) is 1. The van der Waals surface area contributed by atoms with Gasteiger partial charge in [-0.05, 0) is 30.8 Å². The van der Waals surface area contributed by atoms with Crippen LogP contribution >= 0.6 is 11.3 Å². The predicted molar refractivity (Wildman–Crippen MR) is 74.3 cm³/mol. The maximum absolute atomic E-state index is 5.53. The highest BCUT2D eigenvalue weighted by Crippen LogP contribution is 2.29. The summed E-state index contributed by atoms with van der Waals surface area (Å²) in [5, 5.41) is 3.02. The molecule has 18 heavy (non-hydrogen) atoms. The van der Waals surface area contributed by atoms with E-state index in [2.05, 4.69) is 27.2 Å². The van der Waals surface area contributed by atoms with Gasteiger partial charge < -0.3 is 5.43 Å². The zero-order valence-electron chi connectivity index (χ0n) is 10.4. The van der Waals surface area contributed by atoms with Gasteiger partial charge in [0.05, 0.1) is 11.9 Å². The van der Waals surface area contributed by atoms with E-state index < -0.39 is 0 Å². The summed E-state index contributed by atoms with van der Waals surface area (Å²) in [7, 11) is 0. The highest BCUT2D eigenvalue weighted by molar-refractivity contribution is 7.16. The van der Waals surface area contributed by atoms with Crippen LogP contribution in [0.25, 0.3) is 10.2 Å². The van der Waals surface area contributed by atoms with E-state index in [4.69, 9.17) is 5.84 Å². The lowest BCUT2D eigenvalue weighted by atomic mass is 10.3. The lowest BCUT2D eigenvalue weighted by Gasteiger charge is -2.18. The largest absolute Gasteiger partial charge is 0.308 e. The predicted octanol–water partition coefficient (Wildman–Crippen LogP) is 1.96. The third kappa shape index (κ3) is 2.19. The molecule has 1 aliphatic rings. The minimum absolute atomic E-state index is 0.725. The number of thiophene rings is 1. The number of hydrazine groups is 1. The summed E-state index contributed by atoms with van der Waals surface area (Å²) in [5.74, 6) is 7.11. The first-order valence-electron chi connectivity index (χ1n) is 6.26. The van der Waals surface area contributed by atoms with E-state index in [0.717, 1.165) is 41.0 Å². The minimum Gasteiger partial charge on any atom is -0.308 e. The van der Waals surface area contributed by atoms with Crippen LogP contribution in [0, 0.1) is 0 Å². The monoisotopic (exact) mass is 263 g/mol. The zero-order valence-corrected chi connectivity index (χ0v) is 11.2. The van der Waals surface area contributed by atoms with Crippen LogP contribution in [-0.4, -0.2) is 27.5 Å². The number of hydrogen-bond acceptors (Lipinski definition) is 6. The maximum atomic E-state index is 5.53. The van der Waals surface area contributed by atoms with E-state index in [1.54, 1.807) is 11.3 Å². The molecule has 0 saturated heterocycles. The van der Waals surface area contributed by atoms with Gasteiger partial charge in [-0.3, -0.25) is 4.90 Å². The van der Waals surface area contributed by atoms with Gasteiger partial charge in [0.25, 0.3) is 0 Å². The molecule has 6 heteroatoms. The SMILES string of the molecule is CCN(Cc1nc(NN)c2ccsc2n1)C1CC1. The molecule has 3 rings (SSSR count). The smallest absolute Gasteiger partial charge is 0.152 e. The summed E-state index contributed by atoms with van der Waals surface area (Å²) in [6, 6.07) is 2.73. The van der Waals surface area contributed by atoms with Crippen LogP contribution in [0.5, 0.6) is 0 Å². The van der Waals surface area contributed by atoms with E-state index in [1.165, 1.54) is 12.8 Å². The van der Waals surface area contributed by atoms with Crippen LogP contribution in [-0.2, 0) is 6.54 Å². The van der Waals surface area contributed by atoms with Crippen molar-refractivity contribution >= 4 is 27.4 Å². The summed E-state index contributed by atoms with van der Waals surface area (Å²) >= 11 is 1.62. The lowest BCUT2D eigenvalue weighted by molar-refractivity contribution is 0.263. The molecule has 0 spiro atoms. The highest BCUT2D eigenvalue weighted by Gasteiger charge is 2.28. The van der Waals surface area contributed by atoms with Gasteiger partial charge in [-0.25, -0.2) is 15.8 Å². The van der Waals surface area contributed by atoms with Gasteiger partial charge in [0.15, 0.2) is 5.82 Å². The first-order chi connectivity index (χ1) is 8.81. The Morgan fingerprint density at radius 1 is 1.50 bits per heavy atom. The molecule has 96 valence electrons. The topological polar surface area (TPSA) is 67.1 Å². The standard InChI is InChI=1S/C12H17N5S/c1-2-17(8-3-4-8)7-10-14-11(16-13)9-5-6-18-12(9)15-10/h5-6,8H,2-4,7,13H2,1H3,(H,14,15,16). The average molecular weight is 263 g/mol. The fraction of sp³-hybridized carbons (Fsp3) is 0.500. The molecular weight excluding hydrogens is 246 g/mol. The fourth-order valence-electron chi connectivity index (χ4n) is 2.20. The van der Waals surface area contributed by atoms with Crippen molar-refractivity contribution in [1.29, 1.82) is 0 Å². The van der Waals surface area contributed by atoms with Crippen molar-refractivity contribution in [3.63, 3.8) is 0 Å². The summed E-state index contributed by atoms with van der Waals surface area (Å²) in [5.41, 5.74) is 2.67. The molecule has 0 bridgehead atoms. The third-order valence-corrected chi connectivity index (χ3v) is 4.13. The van der Waals surface area contributed by atoms with Crippen molar-refractivity contribution in [2.75, 3.05) is 12.0 Å². The molecule has 1 saturated carbocycles. The normalized spacial score (nSPS) is 15.5. The molecule has 2 aromatic rings. The Morgan fingerprint density at radius 2 is 2.33 bits per heavy atom. The van der Waals surface area contributed by atoms with E-state index in [0.29, 0.717) is 0 Å². The Morgan fingerprint density at radius 3 is 3.00 bits per heavy atom. The lowest BCUT2D eigenvalue weighted by Crippen LogP contribution is -2.26. The van der Waals surface area contributed by atoms with Crippen molar-refractivity contribution in [1.82, 2.24) is 14.9 Å². The molecule has 5 nitrogen and oxygen atoms in total. The second-order valence-corrected chi connectivity index (χ2v) is 5.46. The number of nitrogens with one attached hydrogen (secondary N) is 1. The minimum atomic E-state index is 0.725. The van der Waals surface area contributed by atoms with Crippen molar-refractivity contribution in [3.8, 4) is 0 Å². The van der Waals surface area contributed by atoms with Crippen LogP contribution in [0.2, 0.25) is 0 Å². The van der Waals surface area contributed by atoms with Gasteiger partial charge in [0.1, 0.15) is 10.7 Å². The van der Waals surface area contributed by atoms with Crippen LogP contribution in [0.1, 0.15) is 25.6 Å². The van der Waals surface area contributed by atoms with Gasteiger partial charge in [-0.1, -0.05) is 6.92 Å². The molecule has 0 radical (unpaired) electrons. The summed E-state index contributed by atoms with van der Waals surface area (Å²) in [6.45, 7) is 4.04. The molecule has 2 heterocycles. The van der Waals surface area contributed by atoms with Crippen LogP contribution < -0.4 is 11.3 Å². The molecule has 3 N–H and O–H groups in total. The second-order valence-electron chi connectivity index (χ2n) is 4.57. The highest BCUT2D eigenvalue weighted by atomic mass is 32.1. The number of rotatable bonds is 5. The maximum Gasteiger partial charge on any atom is 0.152 e. The van der Waals surface area contributed by atoms with Crippen molar-refractivity contribution < 1.29 is 0 Å². The van der Waals surface area contributed by atoms with Crippen LogP contribution in [0.15, 0.2) is 11.4 Å². The van der Waals surface area contributed by atoms with E-state index in [-0.39, 0.29) is 0 Å². The number of aromatic nitrogens is 2. The van der Waals surface area contributed by atoms with Crippen molar-refractivity contribution in [3.05, 3.63) is 17.3 Å². The second kappa shape index (κ2) is 4.79. The average Bonchev–Trinajstić information content (AvgIpc) is 3.13. The summed E-state index contributed by atoms with van der Waals surface area (Å²) in [4.78, 5) is 12.5. The Bertz CT molecular complexity index is 548. The molecule has 0 aromatic carbocycles. The molecule has 0 atom stereocenters. The fourth-order valence-corrected chi connectivity index (χ4v) is 2.98.